The van der Waals surface area contributed by atoms with Crippen LogP contribution in [0.2, 0.25) is 0 Å². The van der Waals surface area contributed by atoms with Crippen LogP contribution in [0.25, 0.3) is 0 Å². The summed E-state index contributed by atoms with van der Waals surface area (Å²) < 4.78 is 36.4. The zero-order chi connectivity index (χ0) is 19.5. The van der Waals surface area contributed by atoms with Crippen LogP contribution >= 0.6 is 0 Å². The van der Waals surface area contributed by atoms with E-state index < -0.39 is 5.82 Å². The van der Waals surface area contributed by atoms with Crippen LogP contribution < -0.4 is 4.74 Å². The number of ether oxygens (including phenoxy) is 1. The molecule has 1 atom stereocenters. The molecular weight excluding hydrogens is 358 g/mol. The topological polar surface area (TPSA) is 17.4 Å². The maximum absolute atomic E-state index is 14.7. The van der Waals surface area contributed by atoms with Crippen molar-refractivity contribution in [3.63, 3.8) is 0 Å². The standard InChI is InChI=1S/C23H24F2N2O/c1-2-28-19-9-6-17(7-10-19)16-27-14-4-13-26-12-3-5-22(26)23(27)20-15-18(24)8-11-21(20)25/h3,5-12,15,23H,2,4,13-14,16H2,1H3/t23-/m0/s1. The van der Waals surface area contributed by atoms with Gasteiger partial charge in [-0.1, -0.05) is 12.1 Å². The Balaban J connectivity index is 1.70. The van der Waals surface area contributed by atoms with Crippen molar-refractivity contribution in [3.8, 4) is 5.75 Å². The largest absolute Gasteiger partial charge is 0.494 e. The Morgan fingerprint density at radius 2 is 1.86 bits per heavy atom. The molecule has 5 heteroatoms. The first-order valence-corrected chi connectivity index (χ1v) is 9.71. The van der Waals surface area contributed by atoms with Crippen molar-refractivity contribution in [2.45, 2.75) is 32.5 Å². The molecule has 146 valence electrons. The minimum Gasteiger partial charge on any atom is -0.494 e. The number of fused-ring (bicyclic) bond motifs is 1. The highest BCUT2D eigenvalue weighted by molar-refractivity contribution is 5.33. The number of aryl methyl sites for hydroxylation is 1. The third kappa shape index (κ3) is 3.80. The predicted octanol–water partition coefficient (Wildman–Crippen LogP) is 5.16. The zero-order valence-electron chi connectivity index (χ0n) is 15.9. The summed E-state index contributed by atoms with van der Waals surface area (Å²) in [5.41, 5.74) is 2.49. The highest BCUT2D eigenvalue weighted by atomic mass is 19.1. The number of aromatic nitrogens is 1. The van der Waals surface area contributed by atoms with Gasteiger partial charge in [0.1, 0.15) is 17.4 Å². The summed E-state index contributed by atoms with van der Waals surface area (Å²) in [6, 6.07) is 15.3. The molecule has 0 N–H and O–H groups in total. The van der Waals surface area contributed by atoms with Crippen LogP contribution in [-0.2, 0) is 13.1 Å². The maximum atomic E-state index is 14.7. The lowest BCUT2D eigenvalue weighted by Gasteiger charge is -2.31. The molecule has 1 aromatic heterocycles. The van der Waals surface area contributed by atoms with Gasteiger partial charge in [-0.3, -0.25) is 4.90 Å². The van der Waals surface area contributed by atoms with E-state index in [2.05, 4.69) is 9.47 Å². The van der Waals surface area contributed by atoms with Gasteiger partial charge in [0, 0.05) is 37.1 Å². The fourth-order valence-electron chi connectivity index (χ4n) is 3.98. The number of hydrogen-bond acceptors (Lipinski definition) is 2. The third-order valence-electron chi connectivity index (χ3n) is 5.23. The minimum atomic E-state index is -0.417. The molecule has 0 bridgehead atoms. The van der Waals surface area contributed by atoms with Gasteiger partial charge in [0.15, 0.2) is 0 Å². The fraction of sp³-hybridized carbons (Fsp3) is 0.304. The van der Waals surface area contributed by atoms with E-state index in [0.717, 1.165) is 36.5 Å². The van der Waals surface area contributed by atoms with E-state index in [4.69, 9.17) is 4.74 Å². The Morgan fingerprint density at radius 3 is 2.64 bits per heavy atom. The summed E-state index contributed by atoms with van der Waals surface area (Å²) >= 11 is 0. The molecule has 1 aliphatic rings. The van der Waals surface area contributed by atoms with Gasteiger partial charge in [0.2, 0.25) is 0 Å². The first-order chi connectivity index (χ1) is 13.7. The van der Waals surface area contributed by atoms with E-state index in [0.29, 0.717) is 18.7 Å². The van der Waals surface area contributed by atoms with Crippen molar-refractivity contribution in [2.24, 2.45) is 0 Å². The normalized spacial score (nSPS) is 17.2. The van der Waals surface area contributed by atoms with Crippen molar-refractivity contribution < 1.29 is 13.5 Å². The second-order valence-corrected chi connectivity index (χ2v) is 7.10. The monoisotopic (exact) mass is 382 g/mol. The van der Waals surface area contributed by atoms with Crippen LogP contribution in [0.5, 0.6) is 5.75 Å². The summed E-state index contributed by atoms with van der Waals surface area (Å²) in [7, 11) is 0. The van der Waals surface area contributed by atoms with Crippen LogP contribution in [0.4, 0.5) is 8.78 Å². The fourth-order valence-corrected chi connectivity index (χ4v) is 3.98. The van der Waals surface area contributed by atoms with Crippen molar-refractivity contribution >= 4 is 0 Å². The molecule has 0 spiro atoms. The van der Waals surface area contributed by atoms with Gasteiger partial charge in [-0.25, -0.2) is 8.78 Å². The minimum absolute atomic E-state index is 0.334. The Hall–Kier alpha value is -2.66. The molecule has 0 amide bonds. The molecule has 0 aliphatic carbocycles. The van der Waals surface area contributed by atoms with E-state index in [-0.39, 0.29) is 11.9 Å². The molecule has 1 aliphatic heterocycles. The van der Waals surface area contributed by atoms with Crippen LogP contribution in [0.1, 0.15) is 36.2 Å². The van der Waals surface area contributed by atoms with Gasteiger partial charge in [-0.2, -0.15) is 0 Å². The van der Waals surface area contributed by atoms with Crippen molar-refractivity contribution in [3.05, 3.63) is 89.2 Å². The van der Waals surface area contributed by atoms with Gasteiger partial charge in [0.05, 0.1) is 12.6 Å². The summed E-state index contributed by atoms with van der Waals surface area (Å²) in [6.07, 6.45) is 2.96. The quantitative estimate of drug-likeness (QED) is 0.606. The first kappa shape index (κ1) is 18.7. The Bertz CT molecular complexity index is 936. The molecule has 3 nitrogen and oxygen atoms in total. The molecule has 0 saturated carbocycles. The first-order valence-electron chi connectivity index (χ1n) is 9.71. The number of nitrogens with zero attached hydrogens (tertiary/aromatic N) is 2. The Kier molecular flexibility index (Phi) is 5.44. The van der Waals surface area contributed by atoms with E-state index in [1.54, 1.807) is 0 Å². The summed E-state index contributed by atoms with van der Waals surface area (Å²) in [4.78, 5) is 2.23. The summed E-state index contributed by atoms with van der Waals surface area (Å²) in [5, 5.41) is 0. The average molecular weight is 382 g/mol. The lowest BCUT2D eigenvalue weighted by Crippen LogP contribution is -2.30. The summed E-state index contributed by atoms with van der Waals surface area (Å²) in [6.45, 7) is 4.91. The molecule has 28 heavy (non-hydrogen) atoms. The molecule has 0 saturated heterocycles. The van der Waals surface area contributed by atoms with E-state index in [1.165, 1.54) is 18.2 Å². The molecule has 3 aromatic rings. The lowest BCUT2D eigenvalue weighted by atomic mass is 10.00. The highest BCUT2D eigenvalue weighted by Crippen LogP contribution is 2.34. The number of rotatable bonds is 5. The van der Waals surface area contributed by atoms with Gasteiger partial charge in [0.25, 0.3) is 0 Å². The van der Waals surface area contributed by atoms with Crippen LogP contribution in [0.15, 0.2) is 60.8 Å². The van der Waals surface area contributed by atoms with Crippen LogP contribution in [0.3, 0.4) is 0 Å². The van der Waals surface area contributed by atoms with Gasteiger partial charge in [-0.05, 0) is 61.4 Å². The maximum Gasteiger partial charge on any atom is 0.128 e. The highest BCUT2D eigenvalue weighted by Gasteiger charge is 2.29. The smallest absolute Gasteiger partial charge is 0.128 e. The lowest BCUT2D eigenvalue weighted by molar-refractivity contribution is 0.216. The molecular formula is C23H24F2N2O. The SMILES string of the molecule is CCOc1ccc(CN2CCCn3cccc3[C@@H]2c2cc(F)ccc2F)cc1. The predicted molar refractivity (Wildman–Crippen MR) is 105 cm³/mol. The Labute approximate surface area is 164 Å². The molecule has 4 rings (SSSR count). The van der Waals surface area contributed by atoms with E-state index in [1.807, 2.05) is 49.5 Å². The second-order valence-electron chi connectivity index (χ2n) is 7.10. The molecule has 2 heterocycles. The third-order valence-corrected chi connectivity index (χ3v) is 5.23. The molecule has 0 fully saturated rings. The van der Waals surface area contributed by atoms with Gasteiger partial charge in [-0.15, -0.1) is 0 Å². The summed E-state index contributed by atoms with van der Waals surface area (Å²) in [5.74, 6) is 0.0428. The van der Waals surface area contributed by atoms with Crippen LogP contribution in [-0.4, -0.2) is 22.6 Å². The van der Waals surface area contributed by atoms with Crippen molar-refractivity contribution in [2.75, 3.05) is 13.2 Å². The number of hydrogen-bond donors (Lipinski definition) is 0. The van der Waals surface area contributed by atoms with Gasteiger partial charge >= 0.3 is 0 Å². The second kappa shape index (κ2) is 8.15. The van der Waals surface area contributed by atoms with Crippen molar-refractivity contribution in [1.29, 1.82) is 0 Å². The Morgan fingerprint density at radius 1 is 1.04 bits per heavy atom. The van der Waals surface area contributed by atoms with Crippen LogP contribution in [0, 0.1) is 11.6 Å². The molecule has 2 aromatic carbocycles. The van der Waals surface area contributed by atoms with E-state index >= 15 is 0 Å². The van der Waals surface area contributed by atoms with Gasteiger partial charge < -0.3 is 9.30 Å². The average Bonchev–Trinajstić information content (AvgIpc) is 3.08. The molecule has 0 unspecified atom stereocenters. The van der Waals surface area contributed by atoms with E-state index in [9.17, 15) is 8.78 Å². The molecule has 0 radical (unpaired) electrons. The van der Waals surface area contributed by atoms with Crippen molar-refractivity contribution in [1.82, 2.24) is 9.47 Å². The zero-order valence-corrected chi connectivity index (χ0v) is 15.9. The number of benzene rings is 2. The number of halogens is 2.